The first-order chi connectivity index (χ1) is 12.0. The minimum Gasteiger partial charge on any atom is -0.326 e. The number of anilines is 1. The highest BCUT2D eigenvalue weighted by molar-refractivity contribution is 6.30. The molecule has 1 aromatic carbocycles. The normalized spacial score (nSPS) is 13.9. The molecule has 2 aromatic rings. The van der Waals surface area contributed by atoms with E-state index < -0.39 is 0 Å². The van der Waals surface area contributed by atoms with Crippen molar-refractivity contribution in [3.05, 3.63) is 52.6 Å². The van der Waals surface area contributed by atoms with Gasteiger partial charge in [0.1, 0.15) is 5.82 Å². The van der Waals surface area contributed by atoms with Crippen LogP contribution in [0.25, 0.3) is 0 Å². The lowest BCUT2D eigenvalue weighted by Gasteiger charge is -2.14. The second-order valence-electron chi connectivity index (χ2n) is 6.87. The number of nitrogens with zero attached hydrogens (tertiary/aromatic N) is 3. The van der Waals surface area contributed by atoms with E-state index in [1.807, 2.05) is 6.20 Å². The third kappa shape index (κ3) is 5.00. The maximum absolute atomic E-state index is 12.1. The Kier molecular flexibility index (Phi) is 5.66. The number of halogens is 1. The van der Waals surface area contributed by atoms with Crippen molar-refractivity contribution in [2.24, 2.45) is 5.92 Å². The molecule has 25 heavy (non-hydrogen) atoms. The van der Waals surface area contributed by atoms with Gasteiger partial charge < -0.3 is 5.32 Å². The molecule has 0 fully saturated rings. The van der Waals surface area contributed by atoms with Gasteiger partial charge in [0.05, 0.1) is 5.69 Å². The van der Waals surface area contributed by atoms with E-state index in [9.17, 15) is 4.79 Å². The van der Waals surface area contributed by atoms with E-state index in [1.54, 1.807) is 24.3 Å². The molecule has 1 amide bonds. The minimum absolute atomic E-state index is 0.00450. The number of aromatic nitrogens is 2. The Morgan fingerprint density at radius 2 is 2.04 bits per heavy atom. The lowest BCUT2D eigenvalue weighted by molar-refractivity contribution is -0.116. The summed E-state index contributed by atoms with van der Waals surface area (Å²) in [7, 11) is 0. The van der Waals surface area contributed by atoms with Crippen LogP contribution < -0.4 is 5.32 Å². The zero-order chi connectivity index (χ0) is 17.8. The molecule has 0 saturated carbocycles. The van der Waals surface area contributed by atoms with Gasteiger partial charge in [-0.05, 0) is 30.2 Å². The zero-order valence-corrected chi connectivity index (χ0v) is 15.4. The van der Waals surface area contributed by atoms with Crippen LogP contribution in [0, 0.1) is 5.92 Å². The van der Waals surface area contributed by atoms with Crippen molar-refractivity contribution < 1.29 is 4.79 Å². The number of carbonyl (C=O) groups is 1. The van der Waals surface area contributed by atoms with E-state index in [-0.39, 0.29) is 5.91 Å². The van der Waals surface area contributed by atoms with Gasteiger partial charge in [-0.25, -0.2) is 9.97 Å². The molecule has 2 heterocycles. The van der Waals surface area contributed by atoms with Crippen molar-refractivity contribution in [3.8, 4) is 0 Å². The summed E-state index contributed by atoms with van der Waals surface area (Å²) in [6.07, 6.45) is 3.29. The molecule has 3 rings (SSSR count). The Labute approximate surface area is 153 Å². The van der Waals surface area contributed by atoms with Crippen LogP contribution in [-0.2, 0) is 24.3 Å². The molecule has 0 unspecified atom stereocenters. The molecule has 0 bridgehead atoms. The van der Waals surface area contributed by atoms with Crippen molar-refractivity contribution >= 4 is 23.2 Å². The Bertz CT molecular complexity index is 746. The fourth-order valence-corrected chi connectivity index (χ4v) is 3.02. The maximum atomic E-state index is 12.1. The number of fused-ring (bicyclic) bond motifs is 1. The van der Waals surface area contributed by atoms with E-state index in [2.05, 4.69) is 34.0 Å². The number of carbonyl (C=O) groups excluding carboxylic acids is 1. The van der Waals surface area contributed by atoms with Gasteiger partial charge in [-0.3, -0.25) is 9.69 Å². The van der Waals surface area contributed by atoms with Crippen molar-refractivity contribution in [2.45, 2.75) is 39.8 Å². The summed E-state index contributed by atoms with van der Waals surface area (Å²) in [6.45, 7) is 6.64. The van der Waals surface area contributed by atoms with Gasteiger partial charge in [-0.1, -0.05) is 25.4 Å². The van der Waals surface area contributed by atoms with Gasteiger partial charge in [-0.15, -0.1) is 0 Å². The van der Waals surface area contributed by atoms with Crippen LogP contribution in [0.15, 0.2) is 30.5 Å². The van der Waals surface area contributed by atoms with Crippen LogP contribution in [0.4, 0.5) is 5.69 Å². The Morgan fingerprint density at radius 3 is 2.76 bits per heavy atom. The smallest absolute Gasteiger partial charge is 0.225 e. The first-order valence-corrected chi connectivity index (χ1v) is 8.99. The molecule has 0 saturated heterocycles. The molecule has 0 spiro atoms. The van der Waals surface area contributed by atoms with Crippen molar-refractivity contribution in [1.82, 2.24) is 14.9 Å². The first-order valence-electron chi connectivity index (χ1n) is 8.61. The summed E-state index contributed by atoms with van der Waals surface area (Å²) in [5.74, 6) is 1.47. The van der Waals surface area contributed by atoms with Crippen molar-refractivity contribution in [2.75, 3.05) is 11.9 Å². The highest BCUT2D eigenvalue weighted by atomic mass is 35.5. The number of rotatable bonds is 6. The standard InChI is InChI=1S/C19H23ClN4O/c1-13(2)9-18-21-10-14-11-24(12-17(14)23-18)8-7-19(25)22-16-5-3-15(20)4-6-16/h3-6,10,13H,7-9,11-12H2,1-2H3,(H,22,25). The molecule has 1 aliphatic heterocycles. The summed E-state index contributed by atoms with van der Waals surface area (Å²) in [4.78, 5) is 23.5. The summed E-state index contributed by atoms with van der Waals surface area (Å²) in [5, 5.41) is 3.55. The Morgan fingerprint density at radius 1 is 1.28 bits per heavy atom. The summed E-state index contributed by atoms with van der Waals surface area (Å²) in [5.41, 5.74) is 3.04. The first kappa shape index (κ1) is 17.8. The number of hydrogen-bond acceptors (Lipinski definition) is 4. The molecule has 1 N–H and O–H groups in total. The van der Waals surface area contributed by atoms with E-state index in [0.717, 1.165) is 36.7 Å². The van der Waals surface area contributed by atoms with E-state index in [1.165, 1.54) is 5.56 Å². The second kappa shape index (κ2) is 7.93. The fraction of sp³-hybridized carbons (Fsp3) is 0.421. The number of hydrogen-bond donors (Lipinski definition) is 1. The Balaban J connectivity index is 1.49. The molecule has 132 valence electrons. The van der Waals surface area contributed by atoms with Crippen LogP contribution in [0.2, 0.25) is 5.02 Å². The van der Waals surface area contributed by atoms with Crippen LogP contribution >= 0.6 is 11.6 Å². The Hall–Kier alpha value is -1.98. The van der Waals surface area contributed by atoms with Gasteiger partial charge in [0.2, 0.25) is 5.91 Å². The van der Waals surface area contributed by atoms with Gasteiger partial charge in [0.15, 0.2) is 0 Å². The van der Waals surface area contributed by atoms with Crippen molar-refractivity contribution in [1.29, 1.82) is 0 Å². The van der Waals surface area contributed by atoms with E-state index in [4.69, 9.17) is 11.6 Å². The average Bonchev–Trinajstić information content (AvgIpc) is 2.97. The predicted molar refractivity (Wildman–Crippen MR) is 99.4 cm³/mol. The highest BCUT2D eigenvalue weighted by Gasteiger charge is 2.21. The van der Waals surface area contributed by atoms with E-state index >= 15 is 0 Å². The molecule has 6 heteroatoms. The molecule has 0 radical (unpaired) electrons. The van der Waals surface area contributed by atoms with Crippen LogP contribution in [-0.4, -0.2) is 27.3 Å². The quantitative estimate of drug-likeness (QED) is 0.855. The molecule has 1 aliphatic rings. The van der Waals surface area contributed by atoms with E-state index in [0.29, 0.717) is 23.9 Å². The predicted octanol–water partition coefficient (Wildman–Crippen LogP) is 3.67. The zero-order valence-electron chi connectivity index (χ0n) is 14.6. The lowest BCUT2D eigenvalue weighted by Crippen LogP contribution is -2.23. The van der Waals surface area contributed by atoms with Gasteiger partial charge in [-0.2, -0.15) is 0 Å². The number of nitrogens with one attached hydrogen (secondary N) is 1. The number of amides is 1. The largest absolute Gasteiger partial charge is 0.326 e. The summed E-state index contributed by atoms with van der Waals surface area (Å²) >= 11 is 5.85. The maximum Gasteiger partial charge on any atom is 0.225 e. The monoisotopic (exact) mass is 358 g/mol. The van der Waals surface area contributed by atoms with Crippen LogP contribution in [0.5, 0.6) is 0 Å². The molecular formula is C19H23ClN4O. The van der Waals surface area contributed by atoms with Crippen molar-refractivity contribution in [3.63, 3.8) is 0 Å². The second-order valence-corrected chi connectivity index (χ2v) is 7.31. The average molecular weight is 359 g/mol. The lowest BCUT2D eigenvalue weighted by atomic mass is 10.1. The minimum atomic E-state index is 0.00450. The fourth-order valence-electron chi connectivity index (χ4n) is 2.90. The molecule has 5 nitrogen and oxygen atoms in total. The SMILES string of the molecule is CC(C)Cc1ncc2c(n1)CN(CCC(=O)Nc1ccc(Cl)cc1)C2. The topological polar surface area (TPSA) is 58.1 Å². The van der Waals surface area contributed by atoms with Crippen LogP contribution in [0.1, 0.15) is 37.4 Å². The number of benzene rings is 1. The molecular weight excluding hydrogens is 336 g/mol. The third-order valence-corrected chi connectivity index (χ3v) is 4.40. The highest BCUT2D eigenvalue weighted by Crippen LogP contribution is 2.21. The van der Waals surface area contributed by atoms with Gasteiger partial charge >= 0.3 is 0 Å². The van der Waals surface area contributed by atoms with Crippen LogP contribution in [0.3, 0.4) is 0 Å². The summed E-state index contributed by atoms with van der Waals surface area (Å²) in [6, 6.07) is 7.14. The van der Waals surface area contributed by atoms with Gasteiger partial charge in [0, 0.05) is 54.9 Å². The molecule has 1 aromatic heterocycles. The summed E-state index contributed by atoms with van der Waals surface area (Å²) < 4.78 is 0. The third-order valence-electron chi connectivity index (χ3n) is 4.15. The molecule has 0 atom stereocenters. The van der Waals surface area contributed by atoms with Gasteiger partial charge in [0.25, 0.3) is 0 Å². The molecule has 0 aliphatic carbocycles.